The molecule has 1 saturated heterocycles. The standard InChI is InChI=1S/C25H30N4O/c1-4-12-27-13-15-28(16-14-27)25(30)23-18-29(21-8-6-5-7-9-21)26-24(23)22-11-10-19(2)17-20(22)3/h5-11,17-18H,4,12-16H2,1-3H3. The second-order valence-electron chi connectivity index (χ2n) is 8.12. The van der Waals surface area contributed by atoms with Crippen molar-refractivity contribution in [3.05, 3.63) is 71.4 Å². The molecule has 1 aliphatic heterocycles. The zero-order valence-electron chi connectivity index (χ0n) is 18.1. The summed E-state index contributed by atoms with van der Waals surface area (Å²) in [6.45, 7) is 10.9. The maximum Gasteiger partial charge on any atom is 0.257 e. The number of rotatable bonds is 5. The van der Waals surface area contributed by atoms with E-state index < -0.39 is 0 Å². The first-order valence-corrected chi connectivity index (χ1v) is 10.8. The summed E-state index contributed by atoms with van der Waals surface area (Å²) in [4.78, 5) is 17.9. The van der Waals surface area contributed by atoms with E-state index in [1.807, 2.05) is 46.1 Å². The van der Waals surface area contributed by atoms with E-state index in [2.05, 4.69) is 43.9 Å². The maximum absolute atomic E-state index is 13.5. The number of nitrogens with zero attached hydrogens (tertiary/aromatic N) is 4. The molecule has 0 bridgehead atoms. The van der Waals surface area contributed by atoms with Crippen LogP contribution in [0.3, 0.4) is 0 Å². The number of hydrogen-bond donors (Lipinski definition) is 0. The minimum atomic E-state index is 0.0725. The Balaban J connectivity index is 1.70. The molecule has 3 aromatic rings. The van der Waals surface area contributed by atoms with Gasteiger partial charge in [-0.1, -0.05) is 48.9 Å². The third kappa shape index (κ3) is 4.17. The number of carbonyl (C=O) groups excluding carboxylic acids is 1. The molecule has 0 atom stereocenters. The lowest BCUT2D eigenvalue weighted by Gasteiger charge is -2.34. The van der Waals surface area contributed by atoms with Crippen LogP contribution in [0.2, 0.25) is 0 Å². The van der Waals surface area contributed by atoms with E-state index in [1.54, 1.807) is 0 Å². The Morgan fingerprint density at radius 2 is 1.73 bits per heavy atom. The molecule has 0 unspecified atom stereocenters. The molecule has 4 rings (SSSR count). The minimum absolute atomic E-state index is 0.0725. The maximum atomic E-state index is 13.5. The van der Waals surface area contributed by atoms with Crippen molar-refractivity contribution >= 4 is 5.91 Å². The molecule has 1 aliphatic rings. The summed E-state index contributed by atoms with van der Waals surface area (Å²) in [7, 11) is 0. The molecule has 0 saturated carbocycles. The van der Waals surface area contributed by atoms with Gasteiger partial charge in [-0.2, -0.15) is 5.10 Å². The first kappa shape index (κ1) is 20.4. The van der Waals surface area contributed by atoms with Crippen molar-refractivity contribution in [3.63, 3.8) is 0 Å². The third-order valence-electron chi connectivity index (χ3n) is 5.80. The van der Waals surface area contributed by atoms with Crippen molar-refractivity contribution in [1.82, 2.24) is 19.6 Å². The molecular weight excluding hydrogens is 372 g/mol. The zero-order chi connectivity index (χ0) is 21.1. The van der Waals surface area contributed by atoms with Crippen LogP contribution in [0.15, 0.2) is 54.7 Å². The quantitative estimate of drug-likeness (QED) is 0.638. The van der Waals surface area contributed by atoms with Crippen molar-refractivity contribution in [1.29, 1.82) is 0 Å². The van der Waals surface area contributed by atoms with E-state index in [0.29, 0.717) is 5.56 Å². The Bertz CT molecular complexity index is 1020. The van der Waals surface area contributed by atoms with Crippen molar-refractivity contribution in [2.24, 2.45) is 0 Å². The molecule has 0 spiro atoms. The highest BCUT2D eigenvalue weighted by molar-refractivity contribution is 6.00. The van der Waals surface area contributed by atoms with Gasteiger partial charge >= 0.3 is 0 Å². The van der Waals surface area contributed by atoms with E-state index in [-0.39, 0.29) is 5.91 Å². The fraction of sp³-hybridized carbons (Fsp3) is 0.360. The molecule has 5 heteroatoms. The highest BCUT2D eigenvalue weighted by atomic mass is 16.2. The van der Waals surface area contributed by atoms with Crippen LogP contribution in [0.1, 0.15) is 34.8 Å². The molecule has 0 aliphatic carbocycles. The number of benzene rings is 2. The highest BCUT2D eigenvalue weighted by Gasteiger charge is 2.27. The Kier molecular flexibility index (Phi) is 6.00. The van der Waals surface area contributed by atoms with Gasteiger partial charge in [-0.3, -0.25) is 9.69 Å². The van der Waals surface area contributed by atoms with Crippen LogP contribution >= 0.6 is 0 Å². The van der Waals surface area contributed by atoms with Gasteiger partial charge in [-0.15, -0.1) is 0 Å². The smallest absolute Gasteiger partial charge is 0.257 e. The number of aryl methyl sites for hydroxylation is 2. The Morgan fingerprint density at radius 1 is 1.00 bits per heavy atom. The van der Waals surface area contributed by atoms with Gasteiger partial charge < -0.3 is 4.90 Å². The molecule has 1 aromatic heterocycles. The SMILES string of the molecule is CCCN1CCN(C(=O)c2cn(-c3ccccc3)nc2-c2ccc(C)cc2C)CC1. The molecule has 2 aromatic carbocycles. The number of amides is 1. The average Bonchev–Trinajstić information content (AvgIpc) is 3.20. The van der Waals surface area contributed by atoms with Crippen molar-refractivity contribution in [2.75, 3.05) is 32.7 Å². The van der Waals surface area contributed by atoms with Crippen LogP contribution in [0, 0.1) is 13.8 Å². The number of aromatic nitrogens is 2. The van der Waals surface area contributed by atoms with Crippen molar-refractivity contribution in [2.45, 2.75) is 27.2 Å². The summed E-state index contributed by atoms with van der Waals surface area (Å²) in [6, 6.07) is 16.3. The molecular formula is C25H30N4O. The number of hydrogen-bond acceptors (Lipinski definition) is 3. The predicted octanol–water partition coefficient (Wildman–Crippen LogP) is 4.32. The van der Waals surface area contributed by atoms with Gasteiger partial charge in [0.05, 0.1) is 11.3 Å². The molecule has 156 valence electrons. The van der Waals surface area contributed by atoms with Crippen LogP contribution in [-0.2, 0) is 0 Å². The fourth-order valence-electron chi connectivity index (χ4n) is 4.18. The molecule has 1 fully saturated rings. The van der Waals surface area contributed by atoms with Gasteiger partial charge in [-0.25, -0.2) is 4.68 Å². The molecule has 5 nitrogen and oxygen atoms in total. The minimum Gasteiger partial charge on any atom is -0.336 e. The summed E-state index contributed by atoms with van der Waals surface area (Å²) in [5, 5.41) is 4.86. The van der Waals surface area contributed by atoms with Gasteiger partial charge in [0.1, 0.15) is 5.69 Å². The van der Waals surface area contributed by atoms with E-state index in [0.717, 1.165) is 61.7 Å². The largest absolute Gasteiger partial charge is 0.336 e. The summed E-state index contributed by atoms with van der Waals surface area (Å²) in [5.41, 5.74) is 5.75. The van der Waals surface area contributed by atoms with Gasteiger partial charge in [0.15, 0.2) is 0 Å². The van der Waals surface area contributed by atoms with E-state index in [4.69, 9.17) is 5.10 Å². The first-order valence-electron chi connectivity index (χ1n) is 10.8. The van der Waals surface area contributed by atoms with Crippen molar-refractivity contribution in [3.8, 4) is 16.9 Å². The highest BCUT2D eigenvalue weighted by Crippen LogP contribution is 2.28. The summed E-state index contributed by atoms with van der Waals surface area (Å²) in [6.07, 6.45) is 3.04. The fourth-order valence-corrected chi connectivity index (χ4v) is 4.18. The second kappa shape index (κ2) is 8.84. The summed E-state index contributed by atoms with van der Waals surface area (Å²) < 4.78 is 1.83. The summed E-state index contributed by atoms with van der Waals surface area (Å²) >= 11 is 0. The number of para-hydroxylation sites is 1. The van der Waals surface area contributed by atoms with E-state index >= 15 is 0 Å². The number of carbonyl (C=O) groups is 1. The van der Waals surface area contributed by atoms with Gasteiger partial charge in [0, 0.05) is 37.9 Å². The molecule has 2 heterocycles. The predicted molar refractivity (Wildman–Crippen MR) is 121 cm³/mol. The molecule has 0 N–H and O–H groups in total. The van der Waals surface area contributed by atoms with Crippen LogP contribution in [0.4, 0.5) is 0 Å². The Hall–Kier alpha value is -2.92. The molecule has 0 radical (unpaired) electrons. The van der Waals surface area contributed by atoms with Crippen LogP contribution in [0.5, 0.6) is 0 Å². The first-order chi connectivity index (χ1) is 14.6. The van der Waals surface area contributed by atoms with Gasteiger partial charge in [-0.05, 0) is 44.5 Å². The lowest BCUT2D eigenvalue weighted by molar-refractivity contribution is 0.0638. The van der Waals surface area contributed by atoms with Crippen LogP contribution in [-0.4, -0.2) is 58.2 Å². The van der Waals surface area contributed by atoms with Crippen LogP contribution < -0.4 is 0 Å². The second-order valence-corrected chi connectivity index (χ2v) is 8.12. The third-order valence-corrected chi connectivity index (χ3v) is 5.80. The van der Waals surface area contributed by atoms with Gasteiger partial charge in [0.25, 0.3) is 5.91 Å². The van der Waals surface area contributed by atoms with E-state index in [9.17, 15) is 4.79 Å². The summed E-state index contributed by atoms with van der Waals surface area (Å²) in [5.74, 6) is 0.0725. The van der Waals surface area contributed by atoms with E-state index in [1.165, 1.54) is 5.56 Å². The van der Waals surface area contributed by atoms with Gasteiger partial charge in [0.2, 0.25) is 0 Å². The average molecular weight is 403 g/mol. The van der Waals surface area contributed by atoms with Crippen LogP contribution in [0.25, 0.3) is 16.9 Å². The monoisotopic (exact) mass is 402 g/mol. The lowest BCUT2D eigenvalue weighted by atomic mass is 10.00. The molecule has 30 heavy (non-hydrogen) atoms. The zero-order valence-corrected chi connectivity index (χ0v) is 18.1. The topological polar surface area (TPSA) is 41.4 Å². The lowest BCUT2D eigenvalue weighted by Crippen LogP contribution is -2.48. The Morgan fingerprint density at radius 3 is 2.40 bits per heavy atom. The van der Waals surface area contributed by atoms with Crippen molar-refractivity contribution < 1.29 is 4.79 Å². The normalized spacial score (nSPS) is 14.8. The number of piperazine rings is 1. The Labute approximate surface area is 178 Å². The molecule has 1 amide bonds.